The number of hydrogen-bond acceptors (Lipinski definition) is 1. The second-order valence-electron chi connectivity index (χ2n) is 9.37. The SMILES string of the molecule is [2H]C1([2H])c2ccc(-c3c(F)ccc4c3sc3c(-c5cccc[n+]5C)c(C)ccc34)cc2C([2H])([2H])C1(C)C. The highest BCUT2D eigenvalue weighted by Gasteiger charge is 2.29. The lowest BCUT2D eigenvalue weighted by molar-refractivity contribution is -0.660. The van der Waals surface area contributed by atoms with Crippen LogP contribution in [0, 0.1) is 18.2 Å². The Kier molecular flexibility index (Phi) is 3.63. The molecule has 0 unspecified atom stereocenters. The molecule has 1 nitrogen and oxygen atoms in total. The summed E-state index contributed by atoms with van der Waals surface area (Å²) in [7, 11) is 2.02. The molecule has 0 saturated heterocycles. The van der Waals surface area contributed by atoms with Gasteiger partial charge in [-0.1, -0.05) is 44.2 Å². The lowest BCUT2D eigenvalue weighted by Crippen LogP contribution is -2.30. The molecule has 0 radical (unpaired) electrons. The molecular formula is C30H27FNS+. The summed E-state index contributed by atoms with van der Waals surface area (Å²) in [6, 6.07) is 18.6. The highest BCUT2D eigenvalue weighted by Crippen LogP contribution is 2.46. The maximum atomic E-state index is 15.6. The summed E-state index contributed by atoms with van der Waals surface area (Å²) in [6.07, 6.45) is -1.73. The van der Waals surface area contributed by atoms with Crippen LogP contribution in [0.1, 0.15) is 36.0 Å². The number of thiophene rings is 1. The number of halogens is 1. The van der Waals surface area contributed by atoms with E-state index in [-0.39, 0.29) is 5.82 Å². The molecule has 2 aromatic heterocycles. The molecule has 0 atom stereocenters. The smallest absolute Gasteiger partial charge is 0.206 e. The van der Waals surface area contributed by atoms with Crippen molar-refractivity contribution in [2.45, 2.75) is 33.5 Å². The fourth-order valence-electron chi connectivity index (χ4n) is 4.97. The summed E-state index contributed by atoms with van der Waals surface area (Å²) in [4.78, 5) is 0. The summed E-state index contributed by atoms with van der Waals surface area (Å²) >= 11 is 1.55. The van der Waals surface area contributed by atoms with Gasteiger partial charge in [0.1, 0.15) is 12.9 Å². The third kappa shape index (κ3) is 3.21. The molecule has 164 valence electrons. The topological polar surface area (TPSA) is 3.88 Å². The van der Waals surface area contributed by atoms with E-state index in [1.807, 2.05) is 31.4 Å². The van der Waals surface area contributed by atoms with E-state index in [2.05, 4.69) is 29.7 Å². The average molecular weight is 457 g/mol. The minimum absolute atomic E-state index is 0.297. The van der Waals surface area contributed by atoms with Crippen molar-refractivity contribution in [3.8, 4) is 22.4 Å². The van der Waals surface area contributed by atoms with Gasteiger partial charge in [-0.3, -0.25) is 0 Å². The first-order valence-electron chi connectivity index (χ1n) is 13.1. The maximum absolute atomic E-state index is 15.6. The van der Waals surface area contributed by atoms with Gasteiger partial charge in [0.25, 0.3) is 0 Å². The highest BCUT2D eigenvalue weighted by atomic mass is 32.1. The third-order valence-electron chi connectivity index (χ3n) is 6.48. The van der Waals surface area contributed by atoms with Gasteiger partial charge >= 0.3 is 0 Å². The van der Waals surface area contributed by atoms with Crippen molar-refractivity contribution in [1.29, 1.82) is 0 Å². The van der Waals surface area contributed by atoms with Gasteiger partial charge in [-0.2, -0.15) is 0 Å². The van der Waals surface area contributed by atoms with Crippen LogP contribution in [0.25, 0.3) is 42.6 Å². The van der Waals surface area contributed by atoms with Gasteiger partial charge in [0.05, 0.1) is 5.56 Å². The Labute approximate surface area is 203 Å². The zero-order chi connectivity index (χ0) is 26.5. The lowest BCUT2D eigenvalue weighted by Gasteiger charge is -2.14. The summed E-state index contributed by atoms with van der Waals surface area (Å²) < 4.78 is 54.4. The van der Waals surface area contributed by atoms with Crippen LogP contribution in [0.2, 0.25) is 0 Å². The Hall–Kier alpha value is -3.04. The van der Waals surface area contributed by atoms with Crippen LogP contribution in [0.4, 0.5) is 4.39 Å². The van der Waals surface area contributed by atoms with Crippen LogP contribution >= 0.6 is 11.3 Å². The first-order valence-corrected chi connectivity index (χ1v) is 11.9. The van der Waals surface area contributed by atoms with Crippen molar-refractivity contribution in [3.05, 3.63) is 89.4 Å². The molecule has 3 heteroatoms. The zero-order valence-corrected chi connectivity index (χ0v) is 19.9. The van der Waals surface area contributed by atoms with Crippen LogP contribution in [-0.4, -0.2) is 0 Å². The Morgan fingerprint density at radius 1 is 0.909 bits per heavy atom. The minimum atomic E-state index is -1.90. The number of aromatic nitrogens is 1. The molecule has 0 fully saturated rings. The first-order chi connectivity index (χ1) is 17.4. The largest absolute Gasteiger partial charge is 0.213 e. The van der Waals surface area contributed by atoms with E-state index < -0.39 is 18.2 Å². The van der Waals surface area contributed by atoms with Gasteiger partial charge < -0.3 is 0 Å². The van der Waals surface area contributed by atoms with E-state index in [1.165, 1.54) is 6.07 Å². The molecule has 33 heavy (non-hydrogen) atoms. The molecule has 0 saturated carbocycles. The second-order valence-corrected chi connectivity index (χ2v) is 10.4. The molecule has 1 aliphatic carbocycles. The molecule has 0 N–H and O–H groups in total. The van der Waals surface area contributed by atoms with Crippen molar-refractivity contribution in [1.82, 2.24) is 0 Å². The minimum Gasteiger partial charge on any atom is -0.206 e. The number of nitrogens with zero attached hydrogens (tertiary/aromatic N) is 1. The van der Waals surface area contributed by atoms with Crippen molar-refractivity contribution >= 4 is 31.5 Å². The molecule has 1 aliphatic rings. The quantitative estimate of drug-likeness (QED) is 0.239. The van der Waals surface area contributed by atoms with E-state index in [0.29, 0.717) is 22.3 Å². The molecule has 0 amide bonds. The first kappa shape index (κ1) is 16.6. The van der Waals surface area contributed by atoms with Crippen LogP contribution < -0.4 is 4.57 Å². The van der Waals surface area contributed by atoms with Gasteiger partial charge in [0, 0.05) is 43.4 Å². The fourth-order valence-corrected chi connectivity index (χ4v) is 6.43. The van der Waals surface area contributed by atoms with Gasteiger partial charge in [0.15, 0.2) is 6.20 Å². The summed E-state index contributed by atoms with van der Waals surface area (Å²) in [5.41, 5.74) is 3.70. The fraction of sp³-hybridized carbons (Fsp3) is 0.233. The number of aryl methyl sites for hydroxylation is 2. The predicted octanol–water partition coefficient (Wildman–Crippen LogP) is 7.79. The van der Waals surface area contributed by atoms with Crippen LogP contribution in [0.15, 0.2) is 66.9 Å². The van der Waals surface area contributed by atoms with E-state index in [4.69, 9.17) is 5.48 Å². The van der Waals surface area contributed by atoms with Crippen molar-refractivity contribution < 1.29 is 14.4 Å². The maximum Gasteiger partial charge on any atom is 0.213 e. The number of benzene rings is 3. The normalized spacial score (nSPS) is 19.7. The second kappa shape index (κ2) is 7.23. The molecule has 0 spiro atoms. The standard InChI is InChI=1S/C30H27FNS/c1-18-8-11-22-23-12-13-24(31)27(19-9-10-20-16-30(2,3)17-21(20)15-19)29(23)33-28(22)26(18)25-7-5-6-14-32(25)4/h5-15H,16-17H2,1-4H3/q+1/i16D2,17D2. The highest BCUT2D eigenvalue weighted by molar-refractivity contribution is 7.26. The summed E-state index contributed by atoms with van der Waals surface area (Å²) in [5.74, 6) is -0.372. The van der Waals surface area contributed by atoms with E-state index >= 15 is 4.39 Å². The molecule has 5 aromatic rings. The molecular weight excluding hydrogens is 425 g/mol. The van der Waals surface area contributed by atoms with E-state index in [1.54, 1.807) is 43.4 Å². The number of fused-ring (bicyclic) bond motifs is 4. The third-order valence-corrected chi connectivity index (χ3v) is 7.74. The molecule has 0 bridgehead atoms. The lowest BCUT2D eigenvalue weighted by atomic mass is 9.90. The van der Waals surface area contributed by atoms with Crippen molar-refractivity contribution in [2.24, 2.45) is 12.5 Å². The Balaban J connectivity index is 1.65. The molecule has 3 aromatic carbocycles. The van der Waals surface area contributed by atoms with Crippen molar-refractivity contribution in [3.63, 3.8) is 0 Å². The van der Waals surface area contributed by atoms with Crippen LogP contribution in [0.3, 0.4) is 0 Å². The molecule has 2 heterocycles. The zero-order valence-electron chi connectivity index (χ0n) is 23.1. The summed E-state index contributed by atoms with van der Waals surface area (Å²) in [5, 5.41) is 2.01. The molecule has 6 rings (SSSR count). The Bertz CT molecular complexity index is 1750. The average Bonchev–Trinajstić information content (AvgIpc) is 3.26. The van der Waals surface area contributed by atoms with Crippen molar-refractivity contribution in [2.75, 3.05) is 0 Å². The Morgan fingerprint density at radius 3 is 2.42 bits per heavy atom. The number of hydrogen-bond donors (Lipinski definition) is 0. The van der Waals surface area contributed by atoms with Gasteiger partial charge in [-0.25, -0.2) is 8.96 Å². The van der Waals surface area contributed by atoms with Gasteiger partial charge in [0.2, 0.25) is 5.69 Å². The monoisotopic (exact) mass is 456 g/mol. The van der Waals surface area contributed by atoms with E-state index in [0.717, 1.165) is 37.0 Å². The summed E-state index contributed by atoms with van der Waals surface area (Å²) in [6.45, 7) is 5.33. The number of rotatable bonds is 2. The van der Waals surface area contributed by atoms with Gasteiger partial charge in [-0.15, -0.1) is 11.3 Å². The number of pyridine rings is 1. The van der Waals surface area contributed by atoms with Crippen LogP contribution in [-0.2, 0) is 19.8 Å². The molecule has 0 aliphatic heterocycles. The van der Waals surface area contributed by atoms with Crippen LogP contribution in [0.5, 0.6) is 0 Å². The Morgan fingerprint density at radius 2 is 1.64 bits per heavy atom. The van der Waals surface area contributed by atoms with E-state index in [9.17, 15) is 0 Å². The predicted molar refractivity (Wildman–Crippen MR) is 137 cm³/mol. The van der Waals surface area contributed by atoms with Gasteiger partial charge in [-0.05, 0) is 65.5 Å².